The maximum atomic E-state index is 12.7. The molecular weight excluding hydrogens is 448 g/mol. The van der Waals surface area contributed by atoms with Gasteiger partial charge in [-0.1, -0.05) is 66.4 Å². The number of nitrogens with one attached hydrogen (secondary N) is 2. The second kappa shape index (κ2) is 10.5. The molecule has 0 atom stereocenters. The van der Waals surface area contributed by atoms with Crippen LogP contribution < -0.4 is 15.5 Å². The molecular formula is C25H24N6O2S. The largest absolute Gasteiger partial charge is 0.378 e. The number of carbonyl (C=O) groups is 1. The first-order chi connectivity index (χ1) is 16.7. The van der Waals surface area contributed by atoms with Gasteiger partial charge in [-0.3, -0.25) is 4.79 Å². The topological polar surface area (TPSA) is 92.3 Å². The summed E-state index contributed by atoms with van der Waals surface area (Å²) in [5, 5.41) is 8.83. The maximum absolute atomic E-state index is 12.7. The highest BCUT2D eigenvalue weighted by molar-refractivity contribution is 7.99. The van der Waals surface area contributed by atoms with Crippen LogP contribution in [0.1, 0.15) is 0 Å². The first-order valence-corrected chi connectivity index (χ1v) is 12.0. The van der Waals surface area contributed by atoms with Crippen LogP contribution in [0, 0.1) is 0 Å². The minimum atomic E-state index is -0.118. The molecule has 5 rings (SSSR count). The van der Waals surface area contributed by atoms with Gasteiger partial charge in [0.15, 0.2) is 5.16 Å². The SMILES string of the molecule is O=C(CSc1nc(Nc2ccccc2)nc(N2CCOCC2)n1)Nc1cccc2ccccc12. The lowest BCUT2D eigenvalue weighted by Crippen LogP contribution is -2.37. The number of hydrogen-bond acceptors (Lipinski definition) is 8. The molecule has 172 valence electrons. The molecule has 0 saturated carbocycles. The Labute approximate surface area is 201 Å². The minimum absolute atomic E-state index is 0.118. The minimum Gasteiger partial charge on any atom is -0.378 e. The highest BCUT2D eigenvalue weighted by Crippen LogP contribution is 2.25. The predicted molar refractivity (Wildman–Crippen MR) is 136 cm³/mol. The molecule has 3 aromatic carbocycles. The summed E-state index contributed by atoms with van der Waals surface area (Å²) in [6, 6.07) is 23.6. The van der Waals surface area contributed by atoms with Crippen LogP contribution in [0.4, 0.5) is 23.3 Å². The molecule has 8 nitrogen and oxygen atoms in total. The first kappa shape index (κ1) is 22.1. The monoisotopic (exact) mass is 472 g/mol. The van der Waals surface area contributed by atoms with Crippen molar-refractivity contribution < 1.29 is 9.53 Å². The number of aromatic nitrogens is 3. The lowest BCUT2D eigenvalue weighted by molar-refractivity contribution is -0.113. The van der Waals surface area contributed by atoms with E-state index in [0.29, 0.717) is 43.4 Å². The molecule has 1 saturated heterocycles. The molecule has 9 heteroatoms. The van der Waals surface area contributed by atoms with Gasteiger partial charge in [-0.15, -0.1) is 0 Å². The zero-order valence-electron chi connectivity index (χ0n) is 18.5. The second-order valence-corrected chi connectivity index (χ2v) is 8.64. The van der Waals surface area contributed by atoms with Crippen LogP contribution in [0.2, 0.25) is 0 Å². The number of benzene rings is 3. The van der Waals surface area contributed by atoms with Crippen molar-refractivity contribution in [3.63, 3.8) is 0 Å². The third-order valence-electron chi connectivity index (χ3n) is 5.32. The van der Waals surface area contributed by atoms with Crippen LogP contribution in [-0.4, -0.2) is 52.9 Å². The molecule has 2 heterocycles. The van der Waals surface area contributed by atoms with E-state index < -0.39 is 0 Å². The Kier molecular flexibility index (Phi) is 6.83. The van der Waals surface area contributed by atoms with Gasteiger partial charge in [-0.25, -0.2) is 0 Å². The number of ether oxygens (including phenoxy) is 1. The highest BCUT2D eigenvalue weighted by atomic mass is 32.2. The van der Waals surface area contributed by atoms with Crippen LogP contribution in [0.15, 0.2) is 78.0 Å². The molecule has 1 fully saturated rings. The van der Waals surface area contributed by atoms with E-state index in [4.69, 9.17) is 4.74 Å². The lowest BCUT2D eigenvalue weighted by Gasteiger charge is -2.27. The summed E-state index contributed by atoms with van der Waals surface area (Å²) in [5.74, 6) is 1.08. The average Bonchev–Trinajstić information content (AvgIpc) is 2.89. The first-order valence-electron chi connectivity index (χ1n) is 11.1. The average molecular weight is 473 g/mol. The number of carbonyl (C=O) groups excluding carboxylic acids is 1. The summed E-state index contributed by atoms with van der Waals surface area (Å²) in [4.78, 5) is 28.6. The van der Waals surface area contributed by atoms with Crippen molar-refractivity contribution in [2.24, 2.45) is 0 Å². The predicted octanol–water partition coefficient (Wildman–Crippen LogP) is 4.34. The molecule has 0 spiro atoms. The van der Waals surface area contributed by atoms with Crippen LogP contribution in [0.25, 0.3) is 10.8 Å². The number of nitrogens with zero attached hydrogens (tertiary/aromatic N) is 4. The van der Waals surface area contributed by atoms with Gasteiger partial charge < -0.3 is 20.3 Å². The van der Waals surface area contributed by atoms with E-state index in [1.165, 1.54) is 11.8 Å². The summed E-state index contributed by atoms with van der Waals surface area (Å²) in [7, 11) is 0. The van der Waals surface area contributed by atoms with Crippen molar-refractivity contribution in [2.45, 2.75) is 5.16 Å². The summed E-state index contributed by atoms with van der Waals surface area (Å²) in [6.07, 6.45) is 0. The molecule has 1 aliphatic rings. The van der Waals surface area contributed by atoms with Crippen LogP contribution in [-0.2, 0) is 9.53 Å². The quantitative estimate of drug-likeness (QED) is 0.384. The molecule has 1 aromatic heterocycles. The van der Waals surface area contributed by atoms with Crippen LogP contribution >= 0.6 is 11.8 Å². The third kappa shape index (κ3) is 5.44. The van der Waals surface area contributed by atoms with E-state index in [1.54, 1.807) is 0 Å². The number of morpholine rings is 1. The molecule has 0 unspecified atom stereocenters. The molecule has 2 N–H and O–H groups in total. The molecule has 34 heavy (non-hydrogen) atoms. The summed E-state index contributed by atoms with van der Waals surface area (Å²) >= 11 is 1.28. The third-order valence-corrected chi connectivity index (χ3v) is 6.17. The van der Waals surface area contributed by atoms with Crippen molar-refractivity contribution in [1.29, 1.82) is 0 Å². The fourth-order valence-corrected chi connectivity index (χ4v) is 4.30. The van der Waals surface area contributed by atoms with Gasteiger partial charge in [0.1, 0.15) is 0 Å². The molecule has 0 radical (unpaired) electrons. The van der Waals surface area contributed by atoms with Crippen LogP contribution in [0.5, 0.6) is 0 Å². The molecule has 1 amide bonds. The molecule has 4 aromatic rings. The van der Waals surface area contributed by atoms with Gasteiger partial charge in [-0.05, 0) is 23.6 Å². The van der Waals surface area contributed by atoms with E-state index in [1.807, 2.05) is 72.8 Å². The highest BCUT2D eigenvalue weighted by Gasteiger charge is 2.18. The van der Waals surface area contributed by atoms with E-state index in [-0.39, 0.29) is 11.7 Å². The van der Waals surface area contributed by atoms with Gasteiger partial charge in [-0.2, -0.15) is 15.0 Å². The van der Waals surface area contributed by atoms with Crippen LogP contribution in [0.3, 0.4) is 0 Å². The van der Waals surface area contributed by atoms with E-state index in [9.17, 15) is 4.79 Å². The van der Waals surface area contributed by atoms with E-state index in [0.717, 1.165) is 22.1 Å². The maximum Gasteiger partial charge on any atom is 0.234 e. The fourth-order valence-electron chi connectivity index (χ4n) is 3.67. The Balaban J connectivity index is 1.32. The van der Waals surface area contributed by atoms with Crippen molar-refractivity contribution in [2.75, 3.05) is 47.6 Å². The zero-order valence-corrected chi connectivity index (χ0v) is 19.3. The number of rotatable bonds is 7. The Hall–Kier alpha value is -3.69. The number of anilines is 4. The molecule has 0 aliphatic carbocycles. The summed E-state index contributed by atoms with van der Waals surface area (Å²) < 4.78 is 5.46. The van der Waals surface area contributed by atoms with Crippen molar-refractivity contribution >= 4 is 51.7 Å². The molecule has 1 aliphatic heterocycles. The number of hydrogen-bond donors (Lipinski definition) is 2. The number of fused-ring (bicyclic) bond motifs is 1. The van der Waals surface area contributed by atoms with Gasteiger partial charge >= 0.3 is 0 Å². The van der Waals surface area contributed by atoms with Gasteiger partial charge in [0, 0.05) is 29.9 Å². The smallest absolute Gasteiger partial charge is 0.234 e. The number of amides is 1. The Morgan fingerprint density at radius 3 is 2.53 bits per heavy atom. The summed E-state index contributed by atoms with van der Waals surface area (Å²) in [6.45, 7) is 2.67. The Bertz CT molecular complexity index is 1280. The Morgan fingerprint density at radius 1 is 0.912 bits per heavy atom. The zero-order chi connectivity index (χ0) is 23.2. The molecule has 0 bridgehead atoms. The summed E-state index contributed by atoms with van der Waals surface area (Å²) in [5.41, 5.74) is 1.67. The second-order valence-electron chi connectivity index (χ2n) is 7.70. The normalized spacial score (nSPS) is 13.6. The van der Waals surface area contributed by atoms with Gasteiger partial charge in [0.2, 0.25) is 17.8 Å². The Morgan fingerprint density at radius 2 is 1.68 bits per heavy atom. The lowest BCUT2D eigenvalue weighted by atomic mass is 10.1. The van der Waals surface area contributed by atoms with E-state index >= 15 is 0 Å². The number of para-hydroxylation sites is 1. The van der Waals surface area contributed by atoms with Crippen molar-refractivity contribution in [3.8, 4) is 0 Å². The van der Waals surface area contributed by atoms with Crippen molar-refractivity contribution in [1.82, 2.24) is 15.0 Å². The fraction of sp³-hybridized carbons (Fsp3) is 0.200. The van der Waals surface area contributed by atoms with Gasteiger partial charge in [0.25, 0.3) is 0 Å². The van der Waals surface area contributed by atoms with E-state index in [2.05, 4.69) is 30.5 Å². The number of thioether (sulfide) groups is 1. The standard InChI is InChI=1S/C25H24N6O2S/c32-22(27-21-12-6-8-18-7-4-5-11-20(18)21)17-34-25-29-23(26-19-9-2-1-3-10-19)28-24(30-25)31-13-15-33-16-14-31/h1-12H,13-17H2,(H,27,32)(H,26,28,29,30). The van der Waals surface area contributed by atoms with Gasteiger partial charge in [0.05, 0.1) is 19.0 Å². The van der Waals surface area contributed by atoms with Crippen molar-refractivity contribution in [3.05, 3.63) is 72.8 Å².